The Morgan fingerprint density at radius 1 is 1.82 bits per heavy atom. The molecule has 0 radical (unpaired) electrons. The quantitative estimate of drug-likeness (QED) is 0.665. The normalized spacial score (nSPS) is 9.55. The first-order chi connectivity index (χ1) is 5.34. The Balaban J connectivity index is 2.43. The monoisotopic (exact) mass is 169 g/mol. The van der Waals surface area contributed by atoms with Gasteiger partial charge < -0.3 is 5.32 Å². The van der Waals surface area contributed by atoms with Crippen molar-refractivity contribution in [2.24, 2.45) is 0 Å². The third-order valence-corrected chi connectivity index (χ3v) is 1.68. The van der Waals surface area contributed by atoms with Crippen LogP contribution in [0.4, 0.5) is 0 Å². The Kier molecular flexibility index (Phi) is 3.04. The molecule has 60 valence electrons. The lowest BCUT2D eigenvalue weighted by Crippen LogP contribution is -2.22. The molecule has 0 unspecified atom stereocenters. The summed E-state index contributed by atoms with van der Waals surface area (Å²) >= 11 is 5.07. The number of thiocarbonyl (C=S) groups is 1. The summed E-state index contributed by atoms with van der Waals surface area (Å²) in [5, 5.41) is 9.61. The summed E-state index contributed by atoms with van der Waals surface area (Å²) in [6, 6.07) is 0. The molecule has 0 bridgehead atoms. The average molecular weight is 169 g/mol. The summed E-state index contributed by atoms with van der Waals surface area (Å²) in [6.07, 6.45) is 4.58. The molecule has 0 saturated heterocycles. The largest absolute Gasteiger partial charge is 0.376 e. The maximum Gasteiger partial charge on any atom is 0.109 e. The number of nitrogens with zero attached hydrogens (tertiary/aromatic N) is 1. The zero-order valence-electron chi connectivity index (χ0n) is 6.42. The van der Waals surface area contributed by atoms with Crippen molar-refractivity contribution in [2.45, 2.75) is 13.3 Å². The first-order valence-corrected chi connectivity index (χ1v) is 4.02. The fourth-order valence-electron chi connectivity index (χ4n) is 0.716. The first-order valence-electron chi connectivity index (χ1n) is 3.61. The van der Waals surface area contributed by atoms with E-state index in [-0.39, 0.29) is 0 Å². The standard InChI is InChI=1S/C7H11N3S/c1-2-3-8-7(11)6-4-9-10-5-6/h4-5H,2-3H2,1H3,(H,8,11)(H,9,10). The van der Waals surface area contributed by atoms with E-state index in [1.165, 1.54) is 0 Å². The zero-order valence-corrected chi connectivity index (χ0v) is 7.24. The number of rotatable bonds is 3. The maximum atomic E-state index is 5.07. The van der Waals surface area contributed by atoms with Gasteiger partial charge in [-0.05, 0) is 6.42 Å². The average Bonchev–Trinajstić information content (AvgIpc) is 2.52. The van der Waals surface area contributed by atoms with Crippen molar-refractivity contribution in [3.63, 3.8) is 0 Å². The smallest absolute Gasteiger partial charge is 0.109 e. The minimum Gasteiger partial charge on any atom is -0.376 e. The molecule has 0 aliphatic rings. The fourth-order valence-corrected chi connectivity index (χ4v) is 0.929. The third-order valence-electron chi connectivity index (χ3n) is 1.30. The molecule has 1 heterocycles. The van der Waals surface area contributed by atoms with Crippen LogP contribution < -0.4 is 5.32 Å². The van der Waals surface area contributed by atoms with Gasteiger partial charge in [0.05, 0.1) is 6.20 Å². The molecule has 1 aromatic rings. The number of aromatic amines is 1. The second kappa shape index (κ2) is 4.08. The Morgan fingerprint density at radius 2 is 2.64 bits per heavy atom. The number of hydrogen-bond acceptors (Lipinski definition) is 2. The maximum absolute atomic E-state index is 5.07. The molecule has 0 spiro atoms. The van der Waals surface area contributed by atoms with Crippen LogP contribution in [0.25, 0.3) is 0 Å². The van der Waals surface area contributed by atoms with Crippen LogP contribution in [0.15, 0.2) is 12.4 Å². The number of hydrogen-bond donors (Lipinski definition) is 2. The minimum absolute atomic E-state index is 0.764. The Morgan fingerprint density at radius 3 is 3.18 bits per heavy atom. The highest BCUT2D eigenvalue weighted by molar-refractivity contribution is 7.80. The molecule has 0 aromatic carbocycles. The van der Waals surface area contributed by atoms with Crippen molar-refractivity contribution in [1.29, 1.82) is 0 Å². The van der Waals surface area contributed by atoms with E-state index in [9.17, 15) is 0 Å². The van der Waals surface area contributed by atoms with E-state index < -0.39 is 0 Å². The highest BCUT2D eigenvalue weighted by Gasteiger charge is 1.98. The summed E-state index contributed by atoms with van der Waals surface area (Å²) < 4.78 is 0. The van der Waals surface area contributed by atoms with Crippen molar-refractivity contribution < 1.29 is 0 Å². The van der Waals surface area contributed by atoms with Crippen LogP contribution in [-0.4, -0.2) is 21.7 Å². The van der Waals surface area contributed by atoms with Crippen LogP contribution in [0.3, 0.4) is 0 Å². The number of H-pyrrole nitrogens is 1. The summed E-state index contributed by atoms with van der Waals surface area (Å²) in [4.78, 5) is 0.764. The second-order valence-electron chi connectivity index (χ2n) is 2.24. The van der Waals surface area contributed by atoms with Crippen LogP contribution in [0, 0.1) is 0 Å². The first kappa shape index (κ1) is 8.20. The topological polar surface area (TPSA) is 40.7 Å². The van der Waals surface area contributed by atoms with E-state index in [2.05, 4.69) is 22.4 Å². The van der Waals surface area contributed by atoms with Gasteiger partial charge in [-0.15, -0.1) is 0 Å². The van der Waals surface area contributed by atoms with Crippen molar-refractivity contribution in [3.05, 3.63) is 18.0 Å². The molecule has 0 fully saturated rings. The Labute approximate surface area is 71.2 Å². The molecule has 3 nitrogen and oxygen atoms in total. The van der Waals surface area contributed by atoms with E-state index in [0.29, 0.717) is 0 Å². The molecule has 0 aliphatic carbocycles. The second-order valence-corrected chi connectivity index (χ2v) is 2.65. The van der Waals surface area contributed by atoms with Crippen molar-refractivity contribution in [3.8, 4) is 0 Å². The third kappa shape index (κ3) is 2.31. The minimum atomic E-state index is 0.764. The lowest BCUT2D eigenvalue weighted by atomic mass is 10.3. The Hall–Kier alpha value is -0.900. The van der Waals surface area contributed by atoms with E-state index >= 15 is 0 Å². The van der Waals surface area contributed by atoms with E-state index in [4.69, 9.17) is 12.2 Å². The molecule has 2 N–H and O–H groups in total. The lowest BCUT2D eigenvalue weighted by molar-refractivity contribution is 0.848. The van der Waals surface area contributed by atoms with Crippen LogP contribution in [0.2, 0.25) is 0 Å². The van der Waals surface area contributed by atoms with Gasteiger partial charge >= 0.3 is 0 Å². The molecule has 0 atom stereocenters. The van der Waals surface area contributed by atoms with Gasteiger partial charge in [-0.1, -0.05) is 19.1 Å². The van der Waals surface area contributed by atoms with Crippen LogP contribution >= 0.6 is 12.2 Å². The van der Waals surface area contributed by atoms with Gasteiger partial charge in [0, 0.05) is 18.3 Å². The van der Waals surface area contributed by atoms with Gasteiger partial charge in [0.25, 0.3) is 0 Å². The van der Waals surface area contributed by atoms with Gasteiger partial charge in [-0.3, -0.25) is 5.10 Å². The fraction of sp³-hybridized carbons (Fsp3) is 0.429. The van der Waals surface area contributed by atoms with Gasteiger partial charge in [-0.2, -0.15) is 5.10 Å². The molecule has 0 saturated carbocycles. The van der Waals surface area contributed by atoms with Crippen LogP contribution in [-0.2, 0) is 0 Å². The van der Waals surface area contributed by atoms with Crippen molar-refractivity contribution in [1.82, 2.24) is 15.5 Å². The molecular weight excluding hydrogens is 158 g/mol. The Bertz CT molecular complexity index is 218. The van der Waals surface area contributed by atoms with Crippen molar-refractivity contribution >= 4 is 17.2 Å². The predicted octanol–water partition coefficient (Wildman–Crippen LogP) is 1.08. The summed E-state index contributed by atoms with van der Waals surface area (Å²) in [5.41, 5.74) is 0.952. The van der Waals surface area contributed by atoms with E-state index in [1.807, 2.05) is 0 Å². The van der Waals surface area contributed by atoms with Gasteiger partial charge in [0.1, 0.15) is 4.99 Å². The van der Waals surface area contributed by atoms with Crippen LogP contribution in [0.5, 0.6) is 0 Å². The SMILES string of the molecule is CCCNC(=S)c1cn[nH]c1. The molecule has 1 rings (SSSR count). The van der Waals surface area contributed by atoms with Gasteiger partial charge in [-0.25, -0.2) is 0 Å². The highest BCUT2D eigenvalue weighted by Crippen LogP contribution is 1.94. The van der Waals surface area contributed by atoms with Gasteiger partial charge in [0.2, 0.25) is 0 Å². The highest BCUT2D eigenvalue weighted by atomic mass is 32.1. The molecule has 0 amide bonds. The predicted molar refractivity (Wildman–Crippen MR) is 48.6 cm³/mol. The summed E-state index contributed by atoms with van der Waals surface area (Å²) in [6.45, 7) is 3.02. The molecular formula is C7H11N3S. The zero-order chi connectivity index (χ0) is 8.10. The summed E-state index contributed by atoms with van der Waals surface area (Å²) in [7, 11) is 0. The molecule has 0 aliphatic heterocycles. The van der Waals surface area contributed by atoms with Gasteiger partial charge in [0.15, 0.2) is 0 Å². The van der Waals surface area contributed by atoms with Crippen molar-refractivity contribution in [2.75, 3.05) is 6.54 Å². The number of nitrogens with one attached hydrogen (secondary N) is 2. The van der Waals surface area contributed by atoms with E-state index in [1.54, 1.807) is 12.4 Å². The molecule has 1 aromatic heterocycles. The molecule has 11 heavy (non-hydrogen) atoms. The molecule has 4 heteroatoms. The van der Waals surface area contributed by atoms with E-state index in [0.717, 1.165) is 23.5 Å². The lowest BCUT2D eigenvalue weighted by Gasteiger charge is -2.01. The van der Waals surface area contributed by atoms with Crippen LogP contribution in [0.1, 0.15) is 18.9 Å². The summed E-state index contributed by atoms with van der Waals surface area (Å²) in [5.74, 6) is 0. The number of aromatic nitrogens is 2.